The Morgan fingerprint density at radius 2 is 2.27 bits per heavy atom. The van der Waals surface area contributed by atoms with Crippen molar-refractivity contribution in [3.63, 3.8) is 0 Å². The third-order valence-electron chi connectivity index (χ3n) is 2.76. The number of nitrogens with one attached hydrogen (secondary N) is 1. The first-order valence-electron chi connectivity index (χ1n) is 6.59. The molecule has 1 N–H and O–H groups in total. The minimum atomic E-state index is -0.477. The quantitative estimate of drug-likeness (QED) is 0.606. The molecule has 0 radical (unpaired) electrons. The van der Waals surface area contributed by atoms with E-state index in [1.54, 1.807) is 11.3 Å². The second-order valence-electron chi connectivity index (χ2n) is 4.17. The van der Waals surface area contributed by atoms with Crippen LogP contribution in [0.3, 0.4) is 0 Å². The highest BCUT2D eigenvalue weighted by Crippen LogP contribution is 2.26. The number of amides is 1. The van der Waals surface area contributed by atoms with Gasteiger partial charge in [0.15, 0.2) is 11.0 Å². The molecule has 1 amide bonds. The Kier molecular flexibility index (Phi) is 5.96. The summed E-state index contributed by atoms with van der Waals surface area (Å²) < 4.78 is 6.42. The molecule has 0 aliphatic rings. The van der Waals surface area contributed by atoms with Crippen molar-refractivity contribution >= 4 is 35.0 Å². The van der Waals surface area contributed by atoms with Crippen LogP contribution in [0.15, 0.2) is 22.7 Å². The van der Waals surface area contributed by atoms with Gasteiger partial charge in [0.2, 0.25) is 5.91 Å². The van der Waals surface area contributed by atoms with Crippen molar-refractivity contribution < 1.29 is 14.3 Å². The molecular formula is C13H16N4O3S2. The number of esters is 1. The van der Waals surface area contributed by atoms with Gasteiger partial charge in [-0.3, -0.25) is 9.59 Å². The van der Waals surface area contributed by atoms with E-state index in [-0.39, 0.29) is 18.2 Å². The van der Waals surface area contributed by atoms with Gasteiger partial charge in [0.1, 0.15) is 6.54 Å². The summed E-state index contributed by atoms with van der Waals surface area (Å²) in [4.78, 5) is 23.7. The average Bonchev–Trinajstić information content (AvgIpc) is 3.18. The second-order valence-corrected chi connectivity index (χ2v) is 6.06. The van der Waals surface area contributed by atoms with Gasteiger partial charge in [-0.1, -0.05) is 17.8 Å². The Morgan fingerprint density at radius 1 is 1.45 bits per heavy atom. The van der Waals surface area contributed by atoms with E-state index >= 15 is 0 Å². The monoisotopic (exact) mass is 340 g/mol. The highest BCUT2D eigenvalue weighted by molar-refractivity contribution is 7.99. The van der Waals surface area contributed by atoms with Crippen molar-refractivity contribution in [1.82, 2.24) is 20.1 Å². The molecule has 0 aliphatic carbocycles. The molecule has 0 aromatic carbocycles. The zero-order valence-corrected chi connectivity index (χ0v) is 13.9. The molecule has 0 fully saturated rings. The van der Waals surface area contributed by atoms with Crippen LogP contribution in [-0.2, 0) is 20.9 Å². The lowest BCUT2D eigenvalue weighted by Gasteiger charge is -2.06. The van der Waals surface area contributed by atoms with Gasteiger partial charge in [0, 0.05) is 6.54 Å². The first-order chi connectivity index (χ1) is 10.7. The molecular weight excluding hydrogens is 324 g/mol. The molecule has 0 aliphatic heterocycles. The minimum Gasteiger partial charge on any atom is -0.468 e. The first-order valence-corrected chi connectivity index (χ1v) is 8.45. The fourth-order valence-electron chi connectivity index (χ4n) is 1.69. The third-order valence-corrected chi connectivity index (χ3v) is 4.60. The number of hydrogen-bond acceptors (Lipinski definition) is 7. The molecule has 2 heterocycles. The maximum absolute atomic E-state index is 11.7. The number of methoxy groups -OCH3 is 1. The van der Waals surface area contributed by atoms with Crippen LogP contribution >= 0.6 is 23.1 Å². The van der Waals surface area contributed by atoms with Crippen LogP contribution in [0.1, 0.15) is 6.92 Å². The number of thiophene rings is 1. The summed E-state index contributed by atoms with van der Waals surface area (Å²) in [6.07, 6.45) is 0. The molecule has 2 aromatic rings. The number of aromatic nitrogens is 3. The van der Waals surface area contributed by atoms with E-state index in [2.05, 4.69) is 20.3 Å². The lowest BCUT2D eigenvalue weighted by atomic mass is 10.4. The zero-order valence-electron chi connectivity index (χ0n) is 12.2. The Labute approximate surface area is 136 Å². The predicted molar refractivity (Wildman–Crippen MR) is 84.8 cm³/mol. The Morgan fingerprint density at radius 3 is 2.91 bits per heavy atom. The molecule has 9 heteroatoms. The van der Waals surface area contributed by atoms with E-state index < -0.39 is 5.97 Å². The highest BCUT2D eigenvalue weighted by atomic mass is 32.2. The summed E-state index contributed by atoms with van der Waals surface area (Å²) in [6, 6.07) is 3.94. The van der Waals surface area contributed by atoms with Crippen molar-refractivity contribution in [3.05, 3.63) is 17.5 Å². The Balaban J connectivity index is 1.96. The molecule has 0 saturated heterocycles. The van der Waals surface area contributed by atoms with E-state index in [1.165, 1.54) is 18.9 Å². The molecule has 22 heavy (non-hydrogen) atoms. The van der Waals surface area contributed by atoms with E-state index in [1.807, 2.05) is 29.0 Å². The number of carbonyl (C=O) groups excluding carboxylic acids is 2. The molecule has 7 nitrogen and oxygen atoms in total. The summed E-state index contributed by atoms with van der Waals surface area (Å²) >= 11 is 2.88. The summed E-state index contributed by atoms with van der Waals surface area (Å²) in [5.41, 5.74) is 0. The molecule has 0 spiro atoms. The third kappa shape index (κ3) is 4.08. The smallest absolute Gasteiger partial charge is 0.325 e. The SMILES string of the molecule is CCn1c(SCC(=O)NCC(=O)OC)nnc1-c1cccs1. The maximum atomic E-state index is 11.7. The largest absolute Gasteiger partial charge is 0.468 e. The van der Waals surface area contributed by atoms with Gasteiger partial charge in [0.25, 0.3) is 0 Å². The van der Waals surface area contributed by atoms with E-state index in [0.717, 1.165) is 10.7 Å². The second kappa shape index (κ2) is 7.95. The Bertz CT molecular complexity index is 640. The lowest BCUT2D eigenvalue weighted by Crippen LogP contribution is -2.31. The summed E-state index contributed by atoms with van der Waals surface area (Å²) in [6.45, 7) is 2.59. The van der Waals surface area contributed by atoms with Crippen molar-refractivity contribution in [3.8, 4) is 10.7 Å². The van der Waals surface area contributed by atoms with Crippen LogP contribution in [0, 0.1) is 0 Å². The van der Waals surface area contributed by atoms with Crippen molar-refractivity contribution in [1.29, 1.82) is 0 Å². The fourth-order valence-corrected chi connectivity index (χ4v) is 3.24. The van der Waals surface area contributed by atoms with Gasteiger partial charge >= 0.3 is 5.97 Å². The molecule has 2 aromatic heterocycles. The highest BCUT2D eigenvalue weighted by Gasteiger charge is 2.15. The van der Waals surface area contributed by atoms with Gasteiger partial charge in [-0.2, -0.15) is 0 Å². The number of nitrogens with zero attached hydrogens (tertiary/aromatic N) is 3. The lowest BCUT2D eigenvalue weighted by molar-refractivity contribution is -0.140. The molecule has 2 rings (SSSR count). The summed E-state index contributed by atoms with van der Waals surface area (Å²) in [5, 5.41) is 13.5. The number of carbonyl (C=O) groups is 2. The molecule has 0 bridgehead atoms. The van der Waals surface area contributed by atoms with E-state index in [4.69, 9.17) is 0 Å². The minimum absolute atomic E-state index is 0.128. The van der Waals surface area contributed by atoms with Crippen LogP contribution in [-0.4, -0.2) is 46.0 Å². The number of thioether (sulfide) groups is 1. The molecule has 0 atom stereocenters. The first kappa shape index (κ1) is 16.5. The summed E-state index contributed by atoms with van der Waals surface area (Å²) in [5.74, 6) is 0.239. The van der Waals surface area contributed by atoms with Crippen LogP contribution in [0.4, 0.5) is 0 Å². The van der Waals surface area contributed by atoms with Gasteiger partial charge in [-0.15, -0.1) is 21.5 Å². The summed E-state index contributed by atoms with van der Waals surface area (Å²) in [7, 11) is 1.28. The van der Waals surface area contributed by atoms with Crippen LogP contribution in [0.2, 0.25) is 0 Å². The Hall–Kier alpha value is -1.87. The maximum Gasteiger partial charge on any atom is 0.325 e. The van der Waals surface area contributed by atoms with Crippen molar-refractivity contribution in [2.75, 3.05) is 19.4 Å². The van der Waals surface area contributed by atoms with E-state index in [0.29, 0.717) is 11.7 Å². The van der Waals surface area contributed by atoms with Gasteiger partial charge in [-0.25, -0.2) is 0 Å². The zero-order chi connectivity index (χ0) is 15.9. The number of ether oxygens (including phenoxy) is 1. The normalized spacial score (nSPS) is 10.5. The number of hydrogen-bond donors (Lipinski definition) is 1. The number of rotatable bonds is 7. The van der Waals surface area contributed by atoms with Crippen LogP contribution in [0.5, 0.6) is 0 Å². The average molecular weight is 340 g/mol. The van der Waals surface area contributed by atoms with Crippen LogP contribution < -0.4 is 5.32 Å². The molecule has 0 unspecified atom stereocenters. The van der Waals surface area contributed by atoms with E-state index in [9.17, 15) is 9.59 Å². The van der Waals surface area contributed by atoms with Crippen LogP contribution in [0.25, 0.3) is 10.7 Å². The van der Waals surface area contributed by atoms with Crippen molar-refractivity contribution in [2.45, 2.75) is 18.6 Å². The van der Waals surface area contributed by atoms with Gasteiger partial charge < -0.3 is 14.6 Å². The molecule has 118 valence electrons. The van der Waals surface area contributed by atoms with Gasteiger partial charge in [-0.05, 0) is 18.4 Å². The van der Waals surface area contributed by atoms with Gasteiger partial charge in [0.05, 0.1) is 17.7 Å². The van der Waals surface area contributed by atoms with Crippen molar-refractivity contribution in [2.24, 2.45) is 0 Å². The topological polar surface area (TPSA) is 86.1 Å². The standard InChI is InChI=1S/C13H16N4O3S2/c1-3-17-12(9-5-4-6-21-9)15-16-13(17)22-8-10(18)14-7-11(19)20-2/h4-6H,3,7-8H2,1-2H3,(H,14,18). The predicted octanol–water partition coefficient (Wildman–Crippen LogP) is 1.41. The fraction of sp³-hybridized carbons (Fsp3) is 0.385. The molecule has 0 saturated carbocycles.